The lowest BCUT2D eigenvalue weighted by atomic mass is 9.92. The van der Waals surface area contributed by atoms with Crippen LogP contribution in [0.15, 0.2) is 30.5 Å². The van der Waals surface area contributed by atoms with E-state index in [0.29, 0.717) is 0 Å². The summed E-state index contributed by atoms with van der Waals surface area (Å²) in [7, 11) is 1.73. The first-order chi connectivity index (χ1) is 10.1. The zero-order valence-electron chi connectivity index (χ0n) is 13.5. The molecule has 0 saturated heterocycles. The fourth-order valence-corrected chi connectivity index (χ4v) is 2.85. The van der Waals surface area contributed by atoms with Gasteiger partial charge in [-0.15, -0.1) is 0 Å². The monoisotopic (exact) mass is 284 g/mol. The molecule has 0 aliphatic rings. The third kappa shape index (κ3) is 3.24. The molecule has 0 spiro atoms. The number of nitrogens with zero attached hydrogens (tertiary/aromatic N) is 1. The largest absolute Gasteiger partial charge is 0.496 e. The van der Waals surface area contributed by atoms with Gasteiger partial charge in [-0.05, 0) is 56.1 Å². The van der Waals surface area contributed by atoms with Crippen molar-refractivity contribution in [3.63, 3.8) is 0 Å². The molecule has 1 atom stereocenters. The molecule has 2 aromatic rings. The quantitative estimate of drug-likeness (QED) is 0.908. The molecule has 1 heterocycles. The summed E-state index contributed by atoms with van der Waals surface area (Å²) in [5.41, 5.74) is 5.89. The Morgan fingerprint density at radius 1 is 1.24 bits per heavy atom. The molecule has 1 aromatic heterocycles. The Morgan fingerprint density at radius 3 is 2.62 bits per heavy atom. The second-order valence-corrected chi connectivity index (χ2v) is 5.37. The van der Waals surface area contributed by atoms with Crippen molar-refractivity contribution in [2.75, 3.05) is 13.7 Å². The van der Waals surface area contributed by atoms with Crippen LogP contribution in [0.5, 0.6) is 5.75 Å². The highest BCUT2D eigenvalue weighted by Gasteiger charge is 2.21. The van der Waals surface area contributed by atoms with Crippen molar-refractivity contribution in [2.24, 2.45) is 0 Å². The van der Waals surface area contributed by atoms with E-state index in [1.54, 1.807) is 7.11 Å². The standard InChI is InChI=1S/C18H24N2O/c1-6-19-18(15-8-7-9-20-14(15)4)17-13(3)10-12(2)11-16(17)21-5/h7-11,18-19H,6H2,1-5H3. The number of benzene rings is 1. The first-order valence-corrected chi connectivity index (χ1v) is 7.38. The van der Waals surface area contributed by atoms with Crippen LogP contribution in [-0.2, 0) is 0 Å². The molecule has 112 valence electrons. The highest BCUT2D eigenvalue weighted by Crippen LogP contribution is 2.34. The SMILES string of the molecule is CCNC(c1cccnc1C)c1c(C)cc(C)cc1OC. The summed E-state index contributed by atoms with van der Waals surface area (Å²) < 4.78 is 5.64. The topological polar surface area (TPSA) is 34.2 Å². The van der Waals surface area contributed by atoms with Gasteiger partial charge in [-0.2, -0.15) is 0 Å². The zero-order valence-corrected chi connectivity index (χ0v) is 13.5. The molecule has 3 heteroatoms. The Kier molecular flexibility index (Phi) is 4.97. The van der Waals surface area contributed by atoms with Crippen molar-refractivity contribution in [1.29, 1.82) is 0 Å². The minimum absolute atomic E-state index is 0.0965. The van der Waals surface area contributed by atoms with Crippen LogP contribution in [0.3, 0.4) is 0 Å². The second kappa shape index (κ2) is 6.72. The first kappa shape index (κ1) is 15.5. The van der Waals surface area contributed by atoms with Gasteiger partial charge in [0, 0.05) is 17.5 Å². The number of aryl methyl sites for hydroxylation is 3. The van der Waals surface area contributed by atoms with Gasteiger partial charge in [0.1, 0.15) is 5.75 Å². The summed E-state index contributed by atoms with van der Waals surface area (Å²) in [5.74, 6) is 0.932. The van der Waals surface area contributed by atoms with Crippen molar-refractivity contribution in [3.8, 4) is 5.75 Å². The molecule has 1 unspecified atom stereocenters. The van der Waals surface area contributed by atoms with E-state index in [2.05, 4.69) is 56.2 Å². The lowest BCUT2D eigenvalue weighted by Crippen LogP contribution is -2.24. The van der Waals surface area contributed by atoms with Gasteiger partial charge in [0.05, 0.1) is 13.2 Å². The first-order valence-electron chi connectivity index (χ1n) is 7.38. The molecule has 0 radical (unpaired) electrons. The van der Waals surface area contributed by atoms with Crippen molar-refractivity contribution < 1.29 is 4.74 Å². The summed E-state index contributed by atoms with van der Waals surface area (Å²) in [6, 6.07) is 8.52. The predicted octanol–water partition coefficient (Wildman–Crippen LogP) is 3.71. The third-order valence-corrected chi connectivity index (χ3v) is 3.77. The average Bonchev–Trinajstić information content (AvgIpc) is 2.45. The highest BCUT2D eigenvalue weighted by molar-refractivity contribution is 5.49. The van der Waals surface area contributed by atoms with Gasteiger partial charge < -0.3 is 10.1 Å². The van der Waals surface area contributed by atoms with Crippen LogP contribution in [0.4, 0.5) is 0 Å². The Bertz CT molecular complexity index is 623. The minimum Gasteiger partial charge on any atom is -0.496 e. The maximum Gasteiger partial charge on any atom is 0.124 e. The van der Waals surface area contributed by atoms with Crippen LogP contribution in [-0.4, -0.2) is 18.6 Å². The maximum absolute atomic E-state index is 5.64. The number of hydrogen-bond acceptors (Lipinski definition) is 3. The molecule has 0 amide bonds. The fourth-order valence-electron chi connectivity index (χ4n) is 2.85. The van der Waals surface area contributed by atoms with E-state index in [-0.39, 0.29) is 6.04 Å². The van der Waals surface area contributed by atoms with Gasteiger partial charge in [-0.3, -0.25) is 4.98 Å². The van der Waals surface area contributed by atoms with Gasteiger partial charge in [0.25, 0.3) is 0 Å². The van der Waals surface area contributed by atoms with Crippen molar-refractivity contribution in [3.05, 3.63) is 58.4 Å². The van der Waals surface area contributed by atoms with Gasteiger partial charge in [-0.1, -0.05) is 19.1 Å². The minimum atomic E-state index is 0.0965. The number of hydrogen-bond donors (Lipinski definition) is 1. The third-order valence-electron chi connectivity index (χ3n) is 3.77. The summed E-state index contributed by atoms with van der Waals surface area (Å²) in [4.78, 5) is 4.43. The van der Waals surface area contributed by atoms with Gasteiger partial charge >= 0.3 is 0 Å². The van der Waals surface area contributed by atoms with Crippen LogP contribution in [0.1, 0.15) is 40.9 Å². The molecule has 21 heavy (non-hydrogen) atoms. The molecule has 0 aliphatic heterocycles. The van der Waals surface area contributed by atoms with Crippen molar-refractivity contribution in [1.82, 2.24) is 10.3 Å². The number of aromatic nitrogens is 1. The second-order valence-electron chi connectivity index (χ2n) is 5.37. The van der Waals surface area contributed by atoms with E-state index >= 15 is 0 Å². The molecule has 3 nitrogen and oxygen atoms in total. The van der Waals surface area contributed by atoms with Crippen molar-refractivity contribution >= 4 is 0 Å². The van der Waals surface area contributed by atoms with Gasteiger partial charge in [0.15, 0.2) is 0 Å². The van der Waals surface area contributed by atoms with E-state index in [1.165, 1.54) is 22.3 Å². The Balaban J connectivity index is 2.61. The molecule has 0 saturated carbocycles. The Hall–Kier alpha value is -1.87. The summed E-state index contributed by atoms with van der Waals surface area (Å²) in [6.45, 7) is 9.29. The number of ether oxygens (including phenoxy) is 1. The summed E-state index contributed by atoms with van der Waals surface area (Å²) in [6.07, 6.45) is 1.83. The summed E-state index contributed by atoms with van der Waals surface area (Å²) in [5, 5.41) is 3.57. The van der Waals surface area contributed by atoms with Gasteiger partial charge in [0.2, 0.25) is 0 Å². The lowest BCUT2D eigenvalue weighted by Gasteiger charge is -2.24. The number of methoxy groups -OCH3 is 1. The van der Waals surface area contributed by atoms with Crippen LogP contribution in [0.25, 0.3) is 0 Å². The number of rotatable bonds is 5. The smallest absolute Gasteiger partial charge is 0.124 e. The molecule has 2 rings (SSSR count). The lowest BCUT2D eigenvalue weighted by molar-refractivity contribution is 0.403. The van der Waals surface area contributed by atoms with Crippen LogP contribution >= 0.6 is 0 Å². The fraction of sp³-hybridized carbons (Fsp3) is 0.389. The van der Waals surface area contributed by atoms with E-state index in [4.69, 9.17) is 4.74 Å². The van der Waals surface area contributed by atoms with Gasteiger partial charge in [-0.25, -0.2) is 0 Å². The molecular formula is C18H24N2O. The molecule has 1 N–H and O–H groups in total. The van der Waals surface area contributed by atoms with Crippen LogP contribution in [0, 0.1) is 20.8 Å². The Labute approximate surface area is 127 Å². The van der Waals surface area contributed by atoms with E-state index < -0.39 is 0 Å². The molecule has 0 bridgehead atoms. The van der Waals surface area contributed by atoms with Crippen molar-refractivity contribution in [2.45, 2.75) is 33.7 Å². The van der Waals surface area contributed by atoms with Crippen LogP contribution < -0.4 is 10.1 Å². The molecule has 1 aromatic carbocycles. The number of nitrogens with one attached hydrogen (secondary N) is 1. The van der Waals surface area contributed by atoms with E-state index in [9.17, 15) is 0 Å². The highest BCUT2D eigenvalue weighted by atomic mass is 16.5. The maximum atomic E-state index is 5.64. The Morgan fingerprint density at radius 2 is 2.00 bits per heavy atom. The average molecular weight is 284 g/mol. The summed E-state index contributed by atoms with van der Waals surface area (Å²) >= 11 is 0. The molecule has 0 fully saturated rings. The predicted molar refractivity (Wildman–Crippen MR) is 87.0 cm³/mol. The van der Waals surface area contributed by atoms with E-state index in [0.717, 1.165) is 18.0 Å². The number of pyridine rings is 1. The van der Waals surface area contributed by atoms with Crippen LogP contribution in [0.2, 0.25) is 0 Å². The zero-order chi connectivity index (χ0) is 15.4. The van der Waals surface area contributed by atoms with E-state index in [1.807, 2.05) is 12.3 Å². The molecular weight excluding hydrogens is 260 g/mol. The normalized spacial score (nSPS) is 12.2. The molecule has 0 aliphatic carbocycles.